The Hall–Kier alpha value is -1.32. The number of ether oxygens (including phenoxy) is 1. The van der Waals surface area contributed by atoms with Gasteiger partial charge in [-0.25, -0.2) is 0 Å². The third kappa shape index (κ3) is 1.80. The van der Waals surface area contributed by atoms with Crippen LogP contribution in [0.5, 0.6) is 0 Å². The molecule has 100 valence electrons. The van der Waals surface area contributed by atoms with Crippen LogP contribution in [-0.4, -0.2) is 30.4 Å². The molecule has 4 rings (SSSR count). The summed E-state index contributed by atoms with van der Waals surface area (Å²) in [4.78, 5) is 0. The van der Waals surface area contributed by atoms with Gasteiger partial charge in [0.25, 0.3) is 0 Å². The van der Waals surface area contributed by atoms with Crippen molar-refractivity contribution in [3.8, 4) is 0 Å². The quantitative estimate of drug-likeness (QED) is 0.907. The third-order valence-corrected chi connectivity index (χ3v) is 4.53. The summed E-state index contributed by atoms with van der Waals surface area (Å²) in [5, 5.41) is 5.06. The van der Waals surface area contributed by atoms with E-state index in [-0.39, 0.29) is 5.41 Å². The molecule has 1 aliphatic heterocycles. The molecule has 1 aliphatic carbocycles. The summed E-state index contributed by atoms with van der Waals surface area (Å²) in [6, 6.07) is 9.43. The number of fused-ring (bicyclic) bond motifs is 1. The molecule has 3 nitrogen and oxygen atoms in total. The predicted molar refractivity (Wildman–Crippen MR) is 76.4 cm³/mol. The number of nitrogens with zero attached hydrogens (tertiary/aromatic N) is 1. The van der Waals surface area contributed by atoms with Gasteiger partial charge < -0.3 is 14.6 Å². The first kappa shape index (κ1) is 11.5. The Bertz CT molecular complexity index is 608. The normalized spacial score (nSPS) is 21.5. The molecule has 0 unspecified atom stereocenters. The van der Waals surface area contributed by atoms with E-state index in [1.54, 1.807) is 0 Å². The van der Waals surface area contributed by atoms with Gasteiger partial charge in [0.2, 0.25) is 0 Å². The molecule has 0 radical (unpaired) electrons. The maximum absolute atomic E-state index is 5.55. The van der Waals surface area contributed by atoms with Gasteiger partial charge in [-0.1, -0.05) is 18.2 Å². The fourth-order valence-corrected chi connectivity index (χ4v) is 3.09. The van der Waals surface area contributed by atoms with Gasteiger partial charge in [-0.05, 0) is 24.5 Å². The number of aryl methyl sites for hydroxylation is 1. The molecule has 1 saturated heterocycles. The molecule has 1 saturated carbocycles. The molecule has 1 N–H and O–H groups in total. The van der Waals surface area contributed by atoms with Crippen LogP contribution in [0.4, 0.5) is 0 Å². The summed E-state index contributed by atoms with van der Waals surface area (Å²) >= 11 is 0. The predicted octanol–water partition coefficient (Wildman–Crippen LogP) is 2.20. The third-order valence-electron chi connectivity index (χ3n) is 4.53. The van der Waals surface area contributed by atoms with Crippen molar-refractivity contribution >= 4 is 10.9 Å². The van der Waals surface area contributed by atoms with Crippen LogP contribution in [0, 0.1) is 0 Å². The van der Waals surface area contributed by atoms with Crippen molar-refractivity contribution in [1.29, 1.82) is 0 Å². The lowest BCUT2D eigenvalue weighted by atomic mass is 9.78. The topological polar surface area (TPSA) is 26.2 Å². The van der Waals surface area contributed by atoms with Crippen molar-refractivity contribution in [3.63, 3.8) is 0 Å². The molecule has 1 aromatic heterocycles. The van der Waals surface area contributed by atoms with E-state index >= 15 is 0 Å². The molecular formula is C16H20N2O. The summed E-state index contributed by atoms with van der Waals surface area (Å²) in [7, 11) is 2.13. The highest BCUT2D eigenvalue weighted by atomic mass is 16.5. The lowest BCUT2D eigenvalue weighted by molar-refractivity contribution is -0.0585. The molecule has 0 bridgehead atoms. The van der Waals surface area contributed by atoms with E-state index in [9.17, 15) is 0 Å². The Labute approximate surface area is 113 Å². The second-order valence-electron chi connectivity index (χ2n) is 6.10. The summed E-state index contributed by atoms with van der Waals surface area (Å²) < 4.78 is 7.79. The first-order chi connectivity index (χ1) is 9.28. The Balaban J connectivity index is 1.74. The van der Waals surface area contributed by atoms with Crippen molar-refractivity contribution in [1.82, 2.24) is 9.88 Å². The van der Waals surface area contributed by atoms with Gasteiger partial charge in [-0.3, -0.25) is 0 Å². The van der Waals surface area contributed by atoms with E-state index < -0.39 is 0 Å². The number of hydrogen-bond acceptors (Lipinski definition) is 2. The van der Waals surface area contributed by atoms with E-state index in [1.807, 2.05) is 0 Å². The maximum atomic E-state index is 5.55. The summed E-state index contributed by atoms with van der Waals surface area (Å²) in [5.74, 6) is 0. The summed E-state index contributed by atoms with van der Waals surface area (Å²) in [5.41, 5.74) is 2.95. The minimum atomic E-state index is 0.184. The molecule has 0 amide bonds. The number of benzene rings is 1. The van der Waals surface area contributed by atoms with E-state index in [0.29, 0.717) is 0 Å². The van der Waals surface area contributed by atoms with Crippen LogP contribution in [-0.2, 0) is 17.2 Å². The van der Waals surface area contributed by atoms with Crippen LogP contribution >= 0.6 is 0 Å². The van der Waals surface area contributed by atoms with Crippen LogP contribution in [0.25, 0.3) is 10.9 Å². The number of hydrogen-bond donors (Lipinski definition) is 1. The summed E-state index contributed by atoms with van der Waals surface area (Å²) in [6.45, 7) is 2.74. The fourth-order valence-electron chi connectivity index (χ4n) is 3.09. The second kappa shape index (κ2) is 4.09. The molecular weight excluding hydrogens is 236 g/mol. The highest BCUT2D eigenvalue weighted by Crippen LogP contribution is 2.38. The minimum absolute atomic E-state index is 0.184. The molecule has 19 heavy (non-hydrogen) atoms. The smallest absolute Gasteiger partial charge is 0.0598 e. The summed E-state index contributed by atoms with van der Waals surface area (Å²) in [6.07, 6.45) is 4.97. The van der Waals surface area contributed by atoms with Crippen molar-refractivity contribution in [2.45, 2.75) is 24.3 Å². The van der Waals surface area contributed by atoms with Crippen LogP contribution in [0.3, 0.4) is 0 Å². The van der Waals surface area contributed by atoms with E-state index in [2.05, 4.69) is 47.4 Å². The van der Waals surface area contributed by atoms with Crippen LogP contribution in [0.1, 0.15) is 18.4 Å². The van der Waals surface area contributed by atoms with Gasteiger partial charge in [0.15, 0.2) is 0 Å². The molecule has 2 heterocycles. The van der Waals surface area contributed by atoms with Crippen molar-refractivity contribution in [3.05, 3.63) is 36.0 Å². The zero-order valence-corrected chi connectivity index (χ0v) is 11.4. The first-order valence-electron chi connectivity index (χ1n) is 7.14. The minimum Gasteiger partial charge on any atom is -0.379 e. The molecule has 0 spiro atoms. The standard InChI is InChI=1S/C16H20N2O/c1-18-8-14(13-4-2-3-5-15(13)18)16(10-19-11-16)9-17-12-6-7-12/h2-5,8,12,17H,6-7,9-11H2,1H3. The van der Waals surface area contributed by atoms with Gasteiger partial charge in [-0.15, -0.1) is 0 Å². The van der Waals surface area contributed by atoms with Crippen molar-refractivity contribution < 1.29 is 4.74 Å². The zero-order valence-electron chi connectivity index (χ0n) is 11.4. The van der Waals surface area contributed by atoms with Crippen LogP contribution < -0.4 is 5.32 Å². The van der Waals surface area contributed by atoms with E-state index in [0.717, 1.165) is 25.8 Å². The lowest BCUT2D eigenvalue weighted by Crippen LogP contribution is -2.53. The van der Waals surface area contributed by atoms with E-state index in [1.165, 1.54) is 29.3 Å². The SMILES string of the molecule is Cn1cc(C2(CNC3CC3)COC2)c2ccccc21. The number of aromatic nitrogens is 1. The highest BCUT2D eigenvalue weighted by Gasteiger charge is 2.43. The Kier molecular flexibility index (Phi) is 2.47. The van der Waals surface area contributed by atoms with Gasteiger partial charge in [0.1, 0.15) is 0 Å². The van der Waals surface area contributed by atoms with Gasteiger partial charge in [0.05, 0.1) is 18.6 Å². The molecule has 1 aromatic carbocycles. The van der Waals surface area contributed by atoms with Gasteiger partial charge >= 0.3 is 0 Å². The zero-order chi connectivity index (χ0) is 12.9. The van der Waals surface area contributed by atoms with E-state index in [4.69, 9.17) is 4.74 Å². The van der Waals surface area contributed by atoms with Crippen LogP contribution in [0.2, 0.25) is 0 Å². The number of rotatable bonds is 4. The molecule has 2 aromatic rings. The van der Waals surface area contributed by atoms with Crippen molar-refractivity contribution in [2.24, 2.45) is 7.05 Å². The Morgan fingerprint density at radius 2 is 2.11 bits per heavy atom. The van der Waals surface area contributed by atoms with Crippen molar-refractivity contribution in [2.75, 3.05) is 19.8 Å². The van der Waals surface area contributed by atoms with Gasteiger partial charge in [0, 0.05) is 36.7 Å². The Morgan fingerprint density at radius 3 is 2.79 bits per heavy atom. The average Bonchev–Trinajstić information content (AvgIpc) is 3.14. The van der Waals surface area contributed by atoms with Gasteiger partial charge in [-0.2, -0.15) is 0 Å². The molecule has 3 heteroatoms. The molecule has 0 atom stereocenters. The second-order valence-corrected chi connectivity index (χ2v) is 6.10. The monoisotopic (exact) mass is 256 g/mol. The highest BCUT2D eigenvalue weighted by molar-refractivity contribution is 5.85. The largest absolute Gasteiger partial charge is 0.379 e. The Morgan fingerprint density at radius 1 is 1.32 bits per heavy atom. The number of para-hydroxylation sites is 1. The fraction of sp³-hybridized carbons (Fsp3) is 0.500. The first-order valence-corrected chi connectivity index (χ1v) is 7.14. The molecule has 2 aliphatic rings. The maximum Gasteiger partial charge on any atom is 0.0598 e. The average molecular weight is 256 g/mol. The lowest BCUT2D eigenvalue weighted by Gasteiger charge is -2.42. The number of nitrogens with one attached hydrogen (secondary N) is 1. The molecule has 2 fully saturated rings. The van der Waals surface area contributed by atoms with Crippen LogP contribution in [0.15, 0.2) is 30.5 Å².